The predicted octanol–water partition coefficient (Wildman–Crippen LogP) is 3.14. The Kier molecular flexibility index (Phi) is 5.72. The van der Waals surface area contributed by atoms with Gasteiger partial charge in [0.15, 0.2) is 5.82 Å². The SMILES string of the molecule is CCOc1ccc(-c2nc3n(n2)C(c2ccc(OC)cc2OC)C(C(N)=O)=C(C)N3)cc1. The molecule has 1 atom stereocenters. The minimum absolute atomic E-state index is 0.379. The highest BCUT2D eigenvalue weighted by Crippen LogP contribution is 2.40. The van der Waals surface area contributed by atoms with Crippen molar-refractivity contribution in [3.05, 3.63) is 59.3 Å². The van der Waals surface area contributed by atoms with E-state index >= 15 is 0 Å². The van der Waals surface area contributed by atoms with Gasteiger partial charge in [0.2, 0.25) is 11.9 Å². The number of nitrogens with one attached hydrogen (secondary N) is 1. The summed E-state index contributed by atoms with van der Waals surface area (Å²) in [6, 6.07) is 12.3. The van der Waals surface area contributed by atoms with Crippen LogP contribution in [-0.4, -0.2) is 41.5 Å². The van der Waals surface area contributed by atoms with Gasteiger partial charge in [-0.05, 0) is 50.2 Å². The Morgan fingerprint density at radius 1 is 1.12 bits per heavy atom. The van der Waals surface area contributed by atoms with Crippen LogP contribution in [0.3, 0.4) is 0 Å². The van der Waals surface area contributed by atoms with Gasteiger partial charge in [-0.15, -0.1) is 5.10 Å². The Morgan fingerprint density at radius 3 is 2.47 bits per heavy atom. The molecule has 32 heavy (non-hydrogen) atoms. The van der Waals surface area contributed by atoms with E-state index in [1.54, 1.807) is 38.0 Å². The van der Waals surface area contributed by atoms with Crippen LogP contribution in [0.4, 0.5) is 5.95 Å². The number of nitrogens with zero attached hydrogens (tertiary/aromatic N) is 3. The van der Waals surface area contributed by atoms with Crippen LogP contribution in [0.5, 0.6) is 17.2 Å². The smallest absolute Gasteiger partial charge is 0.248 e. The summed E-state index contributed by atoms with van der Waals surface area (Å²) in [5, 5.41) is 7.86. The Labute approximate surface area is 185 Å². The lowest BCUT2D eigenvalue weighted by molar-refractivity contribution is -0.115. The zero-order valence-electron chi connectivity index (χ0n) is 18.4. The number of methoxy groups -OCH3 is 2. The van der Waals surface area contributed by atoms with E-state index in [4.69, 9.17) is 25.0 Å². The molecule has 9 heteroatoms. The highest BCUT2D eigenvalue weighted by Gasteiger charge is 2.35. The lowest BCUT2D eigenvalue weighted by Crippen LogP contribution is -2.32. The van der Waals surface area contributed by atoms with Crippen LogP contribution in [0.25, 0.3) is 11.4 Å². The number of anilines is 1. The molecule has 3 N–H and O–H groups in total. The second-order valence-corrected chi connectivity index (χ2v) is 7.20. The molecular formula is C23H25N5O4. The maximum absolute atomic E-state index is 12.4. The number of carbonyl (C=O) groups excluding carboxylic acids is 1. The van der Waals surface area contributed by atoms with Crippen molar-refractivity contribution in [3.8, 4) is 28.6 Å². The molecule has 2 aromatic carbocycles. The van der Waals surface area contributed by atoms with Crippen molar-refractivity contribution in [2.24, 2.45) is 5.73 Å². The summed E-state index contributed by atoms with van der Waals surface area (Å²) in [7, 11) is 3.14. The van der Waals surface area contributed by atoms with E-state index in [2.05, 4.69) is 10.3 Å². The number of hydrogen-bond donors (Lipinski definition) is 2. The molecule has 3 aromatic rings. The number of aromatic nitrogens is 3. The van der Waals surface area contributed by atoms with Crippen LogP contribution in [0.15, 0.2) is 53.7 Å². The number of ether oxygens (including phenoxy) is 3. The average molecular weight is 435 g/mol. The molecule has 0 aliphatic carbocycles. The summed E-state index contributed by atoms with van der Waals surface area (Å²) in [6.45, 7) is 4.31. The molecule has 4 rings (SSSR count). The first-order valence-corrected chi connectivity index (χ1v) is 10.2. The third kappa shape index (κ3) is 3.73. The van der Waals surface area contributed by atoms with Crippen LogP contribution >= 0.6 is 0 Å². The van der Waals surface area contributed by atoms with Gasteiger partial charge in [-0.1, -0.05) is 0 Å². The molecule has 1 aliphatic heterocycles. The van der Waals surface area contributed by atoms with E-state index < -0.39 is 11.9 Å². The zero-order valence-corrected chi connectivity index (χ0v) is 18.4. The maximum Gasteiger partial charge on any atom is 0.248 e. The van der Waals surface area contributed by atoms with Crippen LogP contribution in [0.1, 0.15) is 25.5 Å². The molecule has 1 unspecified atom stereocenters. The van der Waals surface area contributed by atoms with Crippen molar-refractivity contribution in [1.29, 1.82) is 0 Å². The zero-order chi connectivity index (χ0) is 22.8. The van der Waals surface area contributed by atoms with Crippen LogP contribution in [-0.2, 0) is 4.79 Å². The largest absolute Gasteiger partial charge is 0.497 e. The lowest BCUT2D eigenvalue weighted by Gasteiger charge is -2.28. The molecule has 166 valence electrons. The molecule has 0 radical (unpaired) electrons. The normalized spacial score (nSPS) is 15.1. The molecule has 9 nitrogen and oxygen atoms in total. The fourth-order valence-corrected chi connectivity index (χ4v) is 3.79. The number of benzene rings is 2. The number of fused-ring (bicyclic) bond motifs is 1. The van der Waals surface area contributed by atoms with Crippen molar-refractivity contribution >= 4 is 11.9 Å². The summed E-state index contributed by atoms with van der Waals surface area (Å²) in [4.78, 5) is 17.1. The molecule has 1 amide bonds. The number of allylic oxidation sites excluding steroid dienone is 1. The molecule has 1 aromatic heterocycles. The molecule has 0 spiro atoms. The van der Waals surface area contributed by atoms with Crippen LogP contribution in [0, 0.1) is 0 Å². The first-order chi connectivity index (χ1) is 15.5. The number of rotatable bonds is 7. The van der Waals surface area contributed by atoms with Crippen LogP contribution in [0.2, 0.25) is 0 Å². The quantitative estimate of drug-likeness (QED) is 0.586. The Bertz CT molecular complexity index is 1180. The summed E-state index contributed by atoms with van der Waals surface area (Å²) in [5.41, 5.74) is 8.29. The average Bonchev–Trinajstić information content (AvgIpc) is 3.21. The Hall–Kier alpha value is -4.01. The minimum Gasteiger partial charge on any atom is -0.497 e. The summed E-state index contributed by atoms with van der Waals surface area (Å²) >= 11 is 0. The molecule has 1 aliphatic rings. The van der Waals surface area contributed by atoms with Gasteiger partial charge >= 0.3 is 0 Å². The second-order valence-electron chi connectivity index (χ2n) is 7.20. The van der Waals surface area contributed by atoms with Crippen molar-refractivity contribution in [1.82, 2.24) is 14.8 Å². The summed E-state index contributed by atoms with van der Waals surface area (Å²) < 4.78 is 18.1. The van der Waals surface area contributed by atoms with Crippen molar-refractivity contribution in [2.75, 3.05) is 26.1 Å². The number of primary amides is 1. The van der Waals surface area contributed by atoms with E-state index in [0.717, 1.165) is 11.3 Å². The van der Waals surface area contributed by atoms with Gasteiger partial charge in [-0.2, -0.15) is 4.98 Å². The van der Waals surface area contributed by atoms with Gasteiger partial charge in [0.25, 0.3) is 0 Å². The van der Waals surface area contributed by atoms with Gasteiger partial charge < -0.3 is 25.3 Å². The highest BCUT2D eigenvalue weighted by molar-refractivity contribution is 5.95. The minimum atomic E-state index is -0.617. The lowest BCUT2D eigenvalue weighted by atomic mass is 9.94. The van der Waals surface area contributed by atoms with E-state index in [0.29, 0.717) is 46.7 Å². The molecule has 0 fully saturated rings. The molecule has 2 heterocycles. The third-order valence-corrected chi connectivity index (χ3v) is 5.28. The Morgan fingerprint density at radius 2 is 1.84 bits per heavy atom. The molecule has 0 bridgehead atoms. The van der Waals surface area contributed by atoms with Gasteiger partial charge in [0.05, 0.1) is 26.4 Å². The van der Waals surface area contributed by atoms with Crippen molar-refractivity contribution in [3.63, 3.8) is 0 Å². The van der Waals surface area contributed by atoms with Gasteiger partial charge in [0.1, 0.15) is 23.3 Å². The van der Waals surface area contributed by atoms with Gasteiger partial charge in [0, 0.05) is 22.9 Å². The summed E-state index contributed by atoms with van der Waals surface area (Å²) in [5.74, 6) is 2.40. The first kappa shape index (κ1) is 21.2. The number of carbonyl (C=O) groups is 1. The van der Waals surface area contributed by atoms with E-state index in [9.17, 15) is 4.79 Å². The van der Waals surface area contributed by atoms with E-state index in [1.807, 2.05) is 37.3 Å². The first-order valence-electron chi connectivity index (χ1n) is 10.2. The summed E-state index contributed by atoms with van der Waals surface area (Å²) in [6.07, 6.45) is 0. The standard InChI is InChI=1S/C23H25N5O4/c1-5-32-15-8-6-14(7-9-15)22-26-23-25-13(2)19(21(24)29)20(28(23)27-22)17-11-10-16(30-3)12-18(17)31-4/h6-12,20H,5H2,1-4H3,(H2,24,29)(H,25,26,27). The topological polar surface area (TPSA) is 114 Å². The second kappa shape index (κ2) is 8.62. The molecular weight excluding hydrogens is 410 g/mol. The number of amides is 1. The van der Waals surface area contributed by atoms with Crippen molar-refractivity contribution in [2.45, 2.75) is 19.9 Å². The van der Waals surface area contributed by atoms with Gasteiger partial charge in [-0.3, -0.25) is 4.79 Å². The molecule has 0 saturated heterocycles. The fraction of sp³-hybridized carbons (Fsp3) is 0.261. The fourth-order valence-electron chi connectivity index (χ4n) is 3.79. The Balaban J connectivity index is 1.84. The maximum atomic E-state index is 12.4. The van der Waals surface area contributed by atoms with Crippen molar-refractivity contribution < 1.29 is 19.0 Å². The molecule has 0 saturated carbocycles. The third-order valence-electron chi connectivity index (χ3n) is 5.28. The van der Waals surface area contributed by atoms with E-state index in [-0.39, 0.29) is 0 Å². The van der Waals surface area contributed by atoms with Crippen LogP contribution < -0.4 is 25.3 Å². The predicted molar refractivity (Wildman–Crippen MR) is 120 cm³/mol. The van der Waals surface area contributed by atoms with Gasteiger partial charge in [-0.25, -0.2) is 4.68 Å². The number of nitrogens with two attached hydrogens (primary N) is 1. The van der Waals surface area contributed by atoms with E-state index in [1.165, 1.54) is 0 Å². The monoisotopic (exact) mass is 435 g/mol. The number of hydrogen-bond acceptors (Lipinski definition) is 7. The highest BCUT2D eigenvalue weighted by atomic mass is 16.5.